The highest BCUT2D eigenvalue weighted by Gasteiger charge is 2.21. The van der Waals surface area contributed by atoms with Gasteiger partial charge in [-0.3, -0.25) is 0 Å². The molecule has 7 aromatic carbocycles. The summed E-state index contributed by atoms with van der Waals surface area (Å²) in [5, 5.41) is 9.23. The van der Waals surface area contributed by atoms with Crippen molar-refractivity contribution in [2.24, 2.45) is 0 Å². The topological polar surface area (TPSA) is 51.8 Å². The first kappa shape index (κ1) is 24.3. The van der Waals surface area contributed by atoms with Crippen LogP contribution in [0.2, 0.25) is 0 Å². The molecule has 0 spiro atoms. The van der Waals surface area contributed by atoms with Crippen LogP contribution in [0.5, 0.6) is 0 Å². The number of benzene rings is 7. The predicted molar refractivity (Wildman–Crippen MR) is 185 cm³/mol. The van der Waals surface area contributed by atoms with Crippen LogP contribution in [-0.2, 0) is 0 Å². The van der Waals surface area contributed by atoms with E-state index >= 15 is 0 Å². The predicted octanol–water partition coefficient (Wildman–Crippen LogP) is 10.8. The van der Waals surface area contributed by atoms with E-state index in [0.29, 0.717) is 5.89 Å². The average Bonchev–Trinajstić information content (AvgIpc) is 3.54. The van der Waals surface area contributed by atoms with E-state index in [4.69, 9.17) is 19.4 Å². The van der Waals surface area contributed by atoms with Crippen LogP contribution in [0.4, 0.5) is 0 Å². The molecular weight excluding hydrogens is 550 g/mol. The fourth-order valence-corrected chi connectivity index (χ4v) is 6.93. The van der Waals surface area contributed by atoms with Gasteiger partial charge in [-0.05, 0) is 74.8 Å². The van der Waals surface area contributed by atoms with Gasteiger partial charge < -0.3 is 4.42 Å². The largest absolute Gasteiger partial charge is 0.436 e. The van der Waals surface area contributed by atoms with Crippen LogP contribution in [0.25, 0.3) is 99.2 Å². The van der Waals surface area contributed by atoms with E-state index in [2.05, 4.69) is 97.1 Å². The summed E-state index contributed by atoms with van der Waals surface area (Å²) in [6.07, 6.45) is 0. The Hall–Kier alpha value is -6.13. The van der Waals surface area contributed by atoms with Crippen molar-refractivity contribution in [2.75, 3.05) is 0 Å². The molecule has 3 aromatic heterocycles. The molecule has 0 unspecified atom stereocenters. The van der Waals surface area contributed by atoms with E-state index in [1.165, 1.54) is 21.5 Å². The molecule has 0 radical (unpaired) electrons. The molecule has 0 aliphatic rings. The number of fused-ring (bicyclic) bond motifs is 3. The van der Waals surface area contributed by atoms with E-state index < -0.39 is 0 Å². The summed E-state index contributed by atoms with van der Waals surface area (Å²) in [5.74, 6) is 0.604. The molecule has 10 rings (SSSR count). The van der Waals surface area contributed by atoms with Gasteiger partial charge in [0.25, 0.3) is 0 Å². The fraction of sp³-hybridized carbons (Fsp3) is 0. The van der Waals surface area contributed by atoms with Gasteiger partial charge in [-0.25, -0.2) is 15.0 Å². The number of aromatic nitrogens is 3. The van der Waals surface area contributed by atoms with Crippen molar-refractivity contribution in [3.05, 3.63) is 140 Å². The zero-order valence-corrected chi connectivity index (χ0v) is 24.0. The Balaban J connectivity index is 1.32. The minimum Gasteiger partial charge on any atom is -0.436 e. The van der Waals surface area contributed by atoms with Gasteiger partial charge in [0.1, 0.15) is 5.52 Å². The fourth-order valence-electron chi connectivity index (χ4n) is 6.93. The highest BCUT2D eigenvalue weighted by Crippen LogP contribution is 2.46. The van der Waals surface area contributed by atoms with Gasteiger partial charge in [0.15, 0.2) is 5.58 Å². The highest BCUT2D eigenvalue weighted by molar-refractivity contribution is 6.29. The van der Waals surface area contributed by atoms with Gasteiger partial charge in [-0.2, -0.15) is 0 Å². The molecule has 0 saturated carbocycles. The molecule has 0 bridgehead atoms. The van der Waals surface area contributed by atoms with Gasteiger partial charge in [0.2, 0.25) is 5.89 Å². The Morgan fingerprint density at radius 2 is 0.933 bits per heavy atom. The standard InChI is InChI=1S/C41H23N3O/c1-3-9-33-24(7-1)15-21-35(42-33)27-17-13-26-14-18-29-31(36-22-16-25-8-2-4-10-34(25)43-36)23-32(30-20-19-28(27)39(26)40(29)30)41-44-37-11-5-6-12-38(37)45-41/h1-23H. The minimum atomic E-state index is 0.604. The Bertz CT molecular complexity index is 2740. The Kier molecular flexibility index (Phi) is 4.96. The lowest BCUT2D eigenvalue weighted by molar-refractivity contribution is 0.620. The Morgan fingerprint density at radius 3 is 1.67 bits per heavy atom. The van der Waals surface area contributed by atoms with Crippen LogP contribution in [0.3, 0.4) is 0 Å². The molecule has 208 valence electrons. The van der Waals surface area contributed by atoms with Crippen molar-refractivity contribution in [3.63, 3.8) is 0 Å². The lowest BCUT2D eigenvalue weighted by Gasteiger charge is -2.18. The number of pyridine rings is 2. The van der Waals surface area contributed by atoms with E-state index in [9.17, 15) is 0 Å². The molecule has 4 heteroatoms. The van der Waals surface area contributed by atoms with E-state index in [0.717, 1.165) is 71.8 Å². The van der Waals surface area contributed by atoms with Crippen LogP contribution < -0.4 is 0 Å². The molecular formula is C41H23N3O. The maximum Gasteiger partial charge on any atom is 0.227 e. The molecule has 0 amide bonds. The first-order valence-corrected chi connectivity index (χ1v) is 15.1. The second kappa shape index (κ2) is 9.18. The summed E-state index contributed by atoms with van der Waals surface area (Å²) in [6.45, 7) is 0. The first-order chi connectivity index (χ1) is 22.3. The Labute approximate surface area is 257 Å². The SMILES string of the molecule is c1ccc2nc(-c3ccc4ccc5c(-c6ccc7ccccc7n6)cc(-c6nc7ccccc7o6)c6ccc3c4c56)ccc2c1. The van der Waals surface area contributed by atoms with Crippen LogP contribution in [0, 0.1) is 0 Å². The number of oxazole rings is 1. The molecule has 0 N–H and O–H groups in total. The van der Waals surface area contributed by atoms with Gasteiger partial charge in [0, 0.05) is 27.5 Å². The summed E-state index contributed by atoms with van der Waals surface area (Å²) in [7, 11) is 0. The van der Waals surface area contributed by atoms with Crippen molar-refractivity contribution < 1.29 is 4.42 Å². The molecule has 0 saturated heterocycles. The van der Waals surface area contributed by atoms with Crippen molar-refractivity contribution in [2.45, 2.75) is 0 Å². The van der Waals surface area contributed by atoms with Crippen molar-refractivity contribution >= 4 is 65.2 Å². The van der Waals surface area contributed by atoms with E-state index in [1.54, 1.807) is 0 Å². The second-order valence-corrected chi connectivity index (χ2v) is 11.6. The molecule has 45 heavy (non-hydrogen) atoms. The van der Waals surface area contributed by atoms with Gasteiger partial charge in [-0.15, -0.1) is 0 Å². The molecule has 0 aliphatic carbocycles. The molecule has 10 aromatic rings. The normalized spacial score (nSPS) is 12.0. The van der Waals surface area contributed by atoms with Crippen molar-refractivity contribution in [1.82, 2.24) is 15.0 Å². The van der Waals surface area contributed by atoms with Gasteiger partial charge >= 0.3 is 0 Å². The van der Waals surface area contributed by atoms with E-state index in [1.807, 2.05) is 42.5 Å². The van der Waals surface area contributed by atoms with Crippen LogP contribution in [-0.4, -0.2) is 15.0 Å². The summed E-state index contributed by atoms with van der Waals surface area (Å²) < 4.78 is 6.40. The van der Waals surface area contributed by atoms with Crippen LogP contribution >= 0.6 is 0 Å². The Morgan fingerprint density at radius 1 is 0.378 bits per heavy atom. The number of para-hydroxylation sites is 4. The van der Waals surface area contributed by atoms with Crippen molar-refractivity contribution in [1.29, 1.82) is 0 Å². The summed E-state index contributed by atoms with van der Waals surface area (Å²) >= 11 is 0. The third-order valence-electron chi connectivity index (χ3n) is 9.05. The zero-order valence-electron chi connectivity index (χ0n) is 24.0. The van der Waals surface area contributed by atoms with Crippen LogP contribution in [0.15, 0.2) is 144 Å². The lowest BCUT2D eigenvalue weighted by Crippen LogP contribution is -1.94. The van der Waals surface area contributed by atoms with Gasteiger partial charge in [0.05, 0.1) is 22.4 Å². The molecule has 3 heterocycles. The molecule has 0 fully saturated rings. The number of rotatable bonds is 3. The molecule has 0 atom stereocenters. The summed E-state index contributed by atoms with van der Waals surface area (Å²) in [4.78, 5) is 15.2. The number of hydrogen-bond acceptors (Lipinski definition) is 4. The maximum absolute atomic E-state index is 6.40. The summed E-state index contributed by atoms with van der Waals surface area (Å²) in [5.41, 5.74) is 8.56. The lowest BCUT2D eigenvalue weighted by atomic mass is 9.86. The second-order valence-electron chi connectivity index (χ2n) is 11.6. The highest BCUT2D eigenvalue weighted by atomic mass is 16.3. The monoisotopic (exact) mass is 573 g/mol. The number of hydrogen-bond donors (Lipinski definition) is 0. The first-order valence-electron chi connectivity index (χ1n) is 15.1. The smallest absolute Gasteiger partial charge is 0.227 e. The molecule has 0 aliphatic heterocycles. The van der Waals surface area contributed by atoms with Crippen molar-refractivity contribution in [3.8, 4) is 34.0 Å². The quantitative estimate of drug-likeness (QED) is 0.197. The molecule has 4 nitrogen and oxygen atoms in total. The third-order valence-corrected chi connectivity index (χ3v) is 9.05. The third kappa shape index (κ3) is 3.63. The average molecular weight is 574 g/mol. The maximum atomic E-state index is 6.40. The zero-order chi connectivity index (χ0) is 29.5. The summed E-state index contributed by atoms with van der Waals surface area (Å²) in [6, 6.07) is 48.5. The van der Waals surface area contributed by atoms with E-state index in [-0.39, 0.29) is 0 Å². The number of nitrogens with zero attached hydrogens (tertiary/aromatic N) is 3. The van der Waals surface area contributed by atoms with Gasteiger partial charge in [-0.1, -0.05) is 97.1 Å². The van der Waals surface area contributed by atoms with Crippen LogP contribution in [0.1, 0.15) is 0 Å². The minimum absolute atomic E-state index is 0.604.